The van der Waals surface area contributed by atoms with Gasteiger partial charge in [-0.05, 0) is 62.3 Å². The van der Waals surface area contributed by atoms with Crippen molar-refractivity contribution < 1.29 is 9.69 Å². The average Bonchev–Trinajstić information content (AvgIpc) is 2.94. The maximum Gasteiger partial charge on any atom is 0.282 e. The first-order valence-corrected chi connectivity index (χ1v) is 8.40. The highest BCUT2D eigenvalue weighted by molar-refractivity contribution is 5.93. The molecule has 1 aromatic carbocycles. The number of fused-ring (bicyclic) bond motifs is 1. The summed E-state index contributed by atoms with van der Waals surface area (Å²) in [7, 11) is 0. The Bertz CT molecular complexity index is 526. The normalized spacial score (nSPS) is 26.2. The van der Waals surface area contributed by atoms with E-state index in [2.05, 4.69) is 37.4 Å². The highest BCUT2D eigenvalue weighted by atomic mass is 16.2. The van der Waals surface area contributed by atoms with E-state index in [0.717, 1.165) is 31.1 Å². The summed E-state index contributed by atoms with van der Waals surface area (Å²) < 4.78 is 0. The zero-order valence-electron chi connectivity index (χ0n) is 13.2. The number of nitrogens with one attached hydrogen (secondary N) is 2. The molecule has 3 heteroatoms. The number of benzene rings is 1. The van der Waals surface area contributed by atoms with Gasteiger partial charge in [-0.15, -0.1) is 0 Å². The minimum Gasteiger partial charge on any atom is -0.325 e. The molecular formula is C18H27N2O+. The smallest absolute Gasteiger partial charge is 0.282 e. The lowest BCUT2D eigenvalue weighted by Crippen LogP contribution is -3.17. The fourth-order valence-electron chi connectivity index (χ4n) is 3.81. The van der Waals surface area contributed by atoms with Crippen molar-refractivity contribution in [3.05, 3.63) is 29.3 Å². The molecule has 1 fully saturated rings. The van der Waals surface area contributed by atoms with Crippen molar-refractivity contribution in [1.82, 2.24) is 0 Å². The van der Waals surface area contributed by atoms with Gasteiger partial charge in [0.05, 0.1) is 13.1 Å². The molecule has 1 amide bonds. The molecule has 1 unspecified atom stereocenters. The lowest BCUT2D eigenvalue weighted by Gasteiger charge is -2.31. The first-order valence-electron chi connectivity index (χ1n) is 8.40. The van der Waals surface area contributed by atoms with E-state index in [0.29, 0.717) is 0 Å². The van der Waals surface area contributed by atoms with Crippen molar-refractivity contribution in [2.75, 3.05) is 18.4 Å². The first-order chi connectivity index (χ1) is 10.1. The largest absolute Gasteiger partial charge is 0.325 e. The number of hydrogen-bond donors (Lipinski definition) is 2. The summed E-state index contributed by atoms with van der Waals surface area (Å²) in [4.78, 5) is 13.9. The SMILES string of the molecule is C[C@@H]1CCC[NH+]([C@@H](C)C(=O)Nc2ccc3c(c2)CCC3)C1. The summed E-state index contributed by atoms with van der Waals surface area (Å²) >= 11 is 0. The van der Waals surface area contributed by atoms with Crippen LogP contribution in [0.4, 0.5) is 5.69 Å². The third-order valence-corrected chi connectivity index (χ3v) is 5.18. The van der Waals surface area contributed by atoms with Gasteiger partial charge in [-0.1, -0.05) is 13.0 Å². The van der Waals surface area contributed by atoms with Crippen molar-refractivity contribution in [2.45, 2.75) is 52.0 Å². The average molecular weight is 287 g/mol. The maximum absolute atomic E-state index is 12.5. The van der Waals surface area contributed by atoms with Crippen molar-refractivity contribution >= 4 is 11.6 Å². The van der Waals surface area contributed by atoms with Crippen molar-refractivity contribution in [3.63, 3.8) is 0 Å². The van der Waals surface area contributed by atoms with Crippen LogP contribution < -0.4 is 10.2 Å². The van der Waals surface area contributed by atoms with Crippen LogP contribution in [0.1, 0.15) is 44.2 Å². The number of carbonyl (C=O) groups excluding carboxylic acids is 1. The lowest BCUT2D eigenvalue weighted by atomic mass is 9.99. The van der Waals surface area contributed by atoms with Gasteiger partial charge in [0.15, 0.2) is 6.04 Å². The molecule has 0 aromatic heterocycles. The Morgan fingerprint density at radius 3 is 2.90 bits per heavy atom. The number of hydrogen-bond acceptors (Lipinski definition) is 1. The third kappa shape index (κ3) is 3.29. The Morgan fingerprint density at radius 2 is 2.10 bits per heavy atom. The molecule has 2 N–H and O–H groups in total. The van der Waals surface area contributed by atoms with Crippen LogP contribution in [0, 0.1) is 5.92 Å². The van der Waals surface area contributed by atoms with Gasteiger partial charge in [0, 0.05) is 11.6 Å². The molecule has 3 nitrogen and oxygen atoms in total. The molecule has 21 heavy (non-hydrogen) atoms. The zero-order valence-corrected chi connectivity index (χ0v) is 13.2. The van der Waals surface area contributed by atoms with E-state index in [1.54, 1.807) is 0 Å². The van der Waals surface area contributed by atoms with Gasteiger partial charge < -0.3 is 10.2 Å². The molecule has 0 bridgehead atoms. The van der Waals surface area contributed by atoms with Gasteiger partial charge >= 0.3 is 0 Å². The molecule has 0 radical (unpaired) electrons. The molecule has 1 heterocycles. The van der Waals surface area contributed by atoms with Crippen LogP contribution in [0.3, 0.4) is 0 Å². The van der Waals surface area contributed by atoms with Crippen LogP contribution in [0.15, 0.2) is 18.2 Å². The number of carbonyl (C=O) groups is 1. The minimum absolute atomic E-state index is 0.0426. The van der Waals surface area contributed by atoms with Crippen molar-refractivity contribution in [1.29, 1.82) is 0 Å². The Balaban J connectivity index is 1.62. The number of likely N-dealkylation sites (tertiary alicyclic amines) is 1. The molecule has 3 atom stereocenters. The minimum atomic E-state index is 0.0426. The molecule has 1 aromatic rings. The standard InChI is InChI=1S/C18H26N2O/c1-13-5-4-10-20(12-13)14(2)18(21)19-17-9-8-15-6-3-7-16(15)11-17/h8-9,11,13-14H,3-7,10,12H2,1-2H3,(H,19,21)/p+1/t13-,14+/m1/s1. The fraction of sp³-hybridized carbons (Fsp3) is 0.611. The van der Waals surface area contributed by atoms with Crippen molar-refractivity contribution in [2.24, 2.45) is 5.92 Å². The molecule has 1 saturated heterocycles. The predicted octanol–water partition coefficient (Wildman–Crippen LogP) is 1.82. The maximum atomic E-state index is 12.5. The summed E-state index contributed by atoms with van der Waals surface area (Å²) in [5, 5.41) is 3.12. The molecule has 2 aliphatic rings. The number of rotatable bonds is 3. The molecular weight excluding hydrogens is 260 g/mol. The number of anilines is 1. The zero-order chi connectivity index (χ0) is 14.8. The number of amides is 1. The Kier molecular flexibility index (Phi) is 4.29. The Morgan fingerprint density at radius 1 is 1.29 bits per heavy atom. The number of piperidine rings is 1. The molecule has 1 aliphatic carbocycles. The first kappa shape index (κ1) is 14.6. The van der Waals surface area contributed by atoms with E-state index in [9.17, 15) is 4.79 Å². The van der Waals surface area contributed by atoms with Gasteiger partial charge in [-0.3, -0.25) is 4.79 Å². The number of aryl methyl sites for hydroxylation is 2. The molecule has 3 rings (SSSR count). The van der Waals surface area contributed by atoms with E-state index in [4.69, 9.17) is 0 Å². The number of quaternary nitrogens is 1. The van der Waals surface area contributed by atoms with Gasteiger partial charge in [0.2, 0.25) is 0 Å². The van der Waals surface area contributed by atoms with Crippen LogP contribution in [0.2, 0.25) is 0 Å². The van der Waals surface area contributed by atoms with Gasteiger partial charge in [-0.25, -0.2) is 0 Å². The third-order valence-electron chi connectivity index (χ3n) is 5.18. The lowest BCUT2D eigenvalue weighted by molar-refractivity contribution is -0.922. The van der Waals surface area contributed by atoms with Gasteiger partial charge in [0.25, 0.3) is 5.91 Å². The van der Waals surface area contributed by atoms with Crippen LogP contribution in [0.5, 0.6) is 0 Å². The highest BCUT2D eigenvalue weighted by Gasteiger charge is 2.29. The molecule has 0 saturated carbocycles. The Hall–Kier alpha value is -1.35. The molecule has 0 spiro atoms. The Labute approximate surface area is 127 Å². The van der Waals surface area contributed by atoms with Crippen LogP contribution in [-0.2, 0) is 17.6 Å². The second kappa shape index (κ2) is 6.18. The van der Waals surface area contributed by atoms with Crippen LogP contribution in [0.25, 0.3) is 0 Å². The topological polar surface area (TPSA) is 33.5 Å². The summed E-state index contributed by atoms with van der Waals surface area (Å²) in [6.07, 6.45) is 6.15. The highest BCUT2D eigenvalue weighted by Crippen LogP contribution is 2.24. The van der Waals surface area contributed by atoms with E-state index in [1.807, 2.05) is 0 Å². The molecule has 114 valence electrons. The quantitative estimate of drug-likeness (QED) is 0.873. The molecule has 1 aliphatic heterocycles. The van der Waals surface area contributed by atoms with Gasteiger partial charge in [-0.2, -0.15) is 0 Å². The van der Waals surface area contributed by atoms with Crippen LogP contribution >= 0.6 is 0 Å². The summed E-state index contributed by atoms with van der Waals surface area (Å²) in [6, 6.07) is 6.45. The predicted molar refractivity (Wildman–Crippen MR) is 85.7 cm³/mol. The summed E-state index contributed by atoms with van der Waals surface area (Å²) in [5.74, 6) is 0.904. The van der Waals surface area contributed by atoms with E-state index in [1.165, 1.54) is 41.7 Å². The van der Waals surface area contributed by atoms with E-state index in [-0.39, 0.29) is 11.9 Å². The van der Waals surface area contributed by atoms with Gasteiger partial charge in [0.1, 0.15) is 0 Å². The summed E-state index contributed by atoms with van der Waals surface area (Å²) in [6.45, 7) is 6.61. The second-order valence-corrected chi connectivity index (χ2v) is 6.91. The van der Waals surface area contributed by atoms with E-state index >= 15 is 0 Å². The summed E-state index contributed by atoms with van der Waals surface area (Å²) in [5.41, 5.74) is 3.84. The second-order valence-electron chi connectivity index (χ2n) is 6.91. The van der Waals surface area contributed by atoms with Crippen molar-refractivity contribution in [3.8, 4) is 0 Å². The monoisotopic (exact) mass is 287 g/mol. The van der Waals surface area contributed by atoms with E-state index < -0.39 is 0 Å². The fourth-order valence-corrected chi connectivity index (χ4v) is 3.81. The van der Waals surface area contributed by atoms with Crippen LogP contribution in [-0.4, -0.2) is 25.0 Å².